The van der Waals surface area contributed by atoms with Crippen molar-refractivity contribution in [2.24, 2.45) is 0 Å². The third-order valence-electron chi connectivity index (χ3n) is 2.67. The quantitative estimate of drug-likeness (QED) is 0.681. The van der Waals surface area contributed by atoms with Gasteiger partial charge >= 0.3 is 0 Å². The molecule has 0 fully saturated rings. The van der Waals surface area contributed by atoms with Crippen LogP contribution in [0.15, 0.2) is 42.6 Å². The van der Waals surface area contributed by atoms with Crippen molar-refractivity contribution in [1.29, 1.82) is 0 Å². The van der Waals surface area contributed by atoms with E-state index in [-0.39, 0.29) is 11.7 Å². The lowest BCUT2D eigenvalue weighted by Crippen LogP contribution is -2.07. The number of hydrogen-bond acceptors (Lipinski definition) is 4. The van der Waals surface area contributed by atoms with Gasteiger partial charge in [-0.05, 0) is 30.7 Å². The molecule has 1 atom stereocenters. The van der Waals surface area contributed by atoms with E-state index in [1.165, 1.54) is 12.3 Å². The van der Waals surface area contributed by atoms with E-state index in [0.29, 0.717) is 10.8 Å². The normalized spacial score (nSPS) is 11.9. The number of nitrogens with zero attached hydrogens (tertiary/aromatic N) is 2. The first-order valence-corrected chi connectivity index (χ1v) is 6.06. The summed E-state index contributed by atoms with van der Waals surface area (Å²) in [7, 11) is 0. The van der Waals surface area contributed by atoms with Crippen molar-refractivity contribution in [2.45, 2.75) is 13.0 Å². The maximum absolute atomic E-state index is 10.5. The largest absolute Gasteiger partial charge is 0.364 e. The first-order chi connectivity index (χ1) is 9.06. The summed E-state index contributed by atoms with van der Waals surface area (Å²) in [5.74, 6) is 0.582. The summed E-state index contributed by atoms with van der Waals surface area (Å²) in [6, 6.07) is 10.5. The summed E-state index contributed by atoms with van der Waals surface area (Å²) in [5, 5.41) is 14.4. The lowest BCUT2D eigenvalue weighted by molar-refractivity contribution is -0.385. The Kier molecular flexibility index (Phi) is 3.97. The zero-order chi connectivity index (χ0) is 13.8. The lowest BCUT2D eigenvalue weighted by Gasteiger charge is -2.14. The Labute approximate surface area is 115 Å². The fraction of sp³-hybridized carbons (Fsp3) is 0.154. The number of hydrogen-bond donors (Lipinski definition) is 1. The average Bonchev–Trinajstić information content (AvgIpc) is 2.39. The summed E-state index contributed by atoms with van der Waals surface area (Å²) in [4.78, 5) is 14.1. The number of anilines is 1. The third kappa shape index (κ3) is 3.42. The van der Waals surface area contributed by atoms with E-state index < -0.39 is 4.92 Å². The van der Waals surface area contributed by atoms with E-state index in [9.17, 15) is 10.1 Å². The highest BCUT2D eigenvalue weighted by Gasteiger charge is 2.09. The predicted octanol–water partition coefficient (Wildman–Crippen LogP) is 3.82. The monoisotopic (exact) mass is 277 g/mol. The van der Waals surface area contributed by atoms with Crippen LogP contribution in [-0.4, -0.2) is 9.91 Å². The number of nitrogens with one attached hydrogen (secondary N) is 1. The fourth-order valence-corrected chi connectivity index (χ4v) is 1.86. The maximum atomic E-state index is 10.5. The topological polar surface area (TPSA) is 68.1 Å². The van der Waals surface area contributed by atoms with Crippen LogP contribution in [0.25, 0.3) is 0 Å². The smallest absolute Gasteiger partial charge is 0.287 e. The first-order valence-electron chi connectivity index (χ1n) is 5.68. The molecule has 1 aromatic heterocycles. The number of halogens is 1. The molecule has 0 saturated heterocycles. The molecule has 1 heterocycles. The van der Waals surface area contributed by atoms with Crippen LogP contribution in [0.4, 0.5) is 11.5 Å². The van der Waals surface area contributed by atoms with Crippen molar-refractivity contribution < 1.29 is 4.92 Å². The summed E-state index contributed by atoms with van der Waals surface area (Å²) in [6.07, 6.45) is 1.23. The van der Waals surface area contributed by atoms with Crippen molar-refractivity contribution in [3.63, 3.8) is 0 Å². The van der Waals surface area contributed by atoms with E-state index >= 15 is 0 Å². The van der Waals surface area contributed by atoms with Crippen molar-refractivity contribution in [2.75, 3.05) is 5.32 Å². The van der Waals surface area contributed by atoms with Crippen LogP contribution < -0.4 is 5.32 Å². The highest BCUT2D eigenvalue weighted by atomic mass is 35.5. The van der Waals surface area contributed by atoms with Gasteiger partial charge in [-0.3, -0.25) is 10.1 Å². The minimum Gasteiger partial charge on any atom is -0.364 e. The van der Waals surface area contributed by atoms with E-state index in [2.05, 4.69) is 10.3 Å². The summed E-state index contributed by atoms with van der Waals surface area (Å²) < 4.78 is 0. The van der Waals surface area contributed by atoms with Gasteiger partial charge in [0.25, 0.3) is 5.69 Å². The maximum Gasteiger partial charge on any atom is 0.287 e. The summed E-state index contributed by atoms with van der Waals surface area (Å²) >= 11 is 5.93. The van der Waals surface area contributed by atoms with Crippen molar-refractivity contribution in [3.05, 3.63) is 63.3 Å². The molecule has 1 N–H and O–H groups in total. The minimum absolute atomic E-state index is 0.00709. The van der Waals surface area contributed by atoms with Gasteiger partial charge in [-0.15, -0.1) is 0 Å². The molecule has 5 nitrogen and oxygen atoms in total. The van der Waals surface area contributed by atoms with Gasteiger partial charge in [-0.2, -0.15) is 0 Å². The minimum atomic E-state index is -0.475. The summed E-state index contributed by atoms with van der Waals surface area (Å²) in [5.41, 5.74) is 0.994. The molecule has 98 valence electrons. The Morgan fingerprint density at radius 3 is 2.74 bits per heavy atom. The van der Waals surface area contributed by atoms with Gasteiger partial charge in [0.2, 0.25) is 0 Å². The molecule has 0 spiro atoms. The van der Waals surface area contributed by atoms with Crippen molar-refractivity contribution in [1.82, 2.24) is 4.98 Å². The molecular weight excluding hydrogens is 266 g/mol. The molecule has 19 heavy (non-hydrogen) atoms. The van der Waals surface area contributed by atoms with Gasteiger partial charge < -0.3 is 5.32 Å². The molecule has 0 bridgehead atoms. The highest BCUT2D eigenvalue weighted by molar-refractivity contribution is 6.30. The van der Waals surface area contributed by atoms with Crippen LogP contribution >= 0.6 is 11.6 Å². The molecule has 2 aromatic rings. The van der Waals surface area contributed by atoms with Gasteiger partial charge in [0.15, 0.2) is 0 Å². The third-order valence-corrected chi connectivity index (χ3v) is 2.91. The molecule has 0 aliphatic carbocycles. The van der Waals surface area contributed by atoms with Gasteiger partial charge in [-0.25, -0.2) is 4.98 Å². The van der Waals surface area contributed by atoms with Crippen LogP contribution in [0, 0.1) is 10.1 Å². The van der Waals surface area contributed by atoms with Crippen LogP contribution in [0.3, 0.4) is 0 Å². The number of rotatable bonds is 4. The zero-order valence-electron chi connectivity index (χ0n) is 10.2. The van der Waals surface area contributed by atoms with Gasteiger partial charge in [0.1, 0.15) is 12.0 Å². The van der Waals surface area contributed by atoms with Crippen molar-refractivity contribution in [3.8, 4) is 0 Å². The molecule has 0 unspecified atom stereocenters. The Bertz CT molecular complexity index is 587. The van der Waals surface area contributed by atoms with Crippen molar-refractivity contribution >= 4 is 23.1 Å². The standard InChI is InChI=1S/C13H12ClN3O2/c1-9(10-3-2-4-11(14)7-10)16-13-6-5-12(8-15-13)17(18)19/h2-9H,1H3,(H,15,16)/t9-/m0/s1. The first kappa shape index (κ1) is 13.3. The Balaban J connectivity index is 2.10. The second-order valence-corrected chi connectivity index (χ2v) is 4.52. The molecule has 0 amide bonds. The van der Waals surface area contributed by atoms with Crippen LogP contribution in [0.1, 0.15) is 18.5 Å². The molecule has 1 aromatic carbocycles. The second-order valence-electron chi connectivity index (χ2n) is 4.08. The van der Waals surface area contributed by atoms with E-state index in [4.69, 9.17) is 11.6 Å². The SMILES string of the molecule is C[C@H](Nc1ccc([N+](=O)[O-])cn1)c1cccc(Cl)c1. The number of aromatic nitrogens is 1. The van der Waals surface area contributed by atoms with E-state index in [1.54, 1.807) is 6.07 Å². The molecule has 2 rings (SSSR count). The summed E-state index contributed by atoms with van der Waals surface area (Å²) in [6.45, 7) is 1.97. The second kappa shape index (κ2) is 5.67. The van der Waals surface area contributed by atoms with Crippen LogP contribution in [0.5, 0.6) is 0 Å². The van der Waals surface area contributed by atoms with E-state index in [0.717, 1.165) is 5.56 Å². The van der Waals surface area contributed by atoms with Crippen LogP contribution in [-0.2, 0) is 0 Å². The molecule has 0 aliphatic rings. The highest BCUT2D eigenvalue weighted by Crippen LogP contribution is 2.21. The Morgan fingerprint density at radius 2 is 2.16 bits per heavy atom. The number of benzene rings is 1. The van der Waals surface area contributed by atoms with Gasteiger partial charge in [0, 0.05) is 17.1 Å². The zero-order valence-corrected chi connectivity index (χ0v) is 11.0. The van der Waals surface area contributed by atoms with Crippen LogP contribution in [0.2, 0.25) is 5.02 Å². The van der Waals surface area contributed by atoms with Gasteiger partial charge in [-0.1, -0.05) is 23.7 Å². The lowest BCUT2D eigenvalue weighted by atomic mass is 10.1. The molecule has 6 heteroatoms. The Morgan fingerprint density at radius 1 is 1.37 bits per heavy atom. The molecule has 0 radical (unpaired) electrons. The average molecular weight is 278 g/mol. The molecular formula is C13H12ClN3O2. The number of nitro groups is 1. The number of pyridine rings is 1. The Hall–Kier alpha value is -2.14. The fourth-order valence-electron chi connectivity index (χ4n) is 1.66. The van der Waals surface area contributed by atoms with Gasteiger partial charge in [0.05, 0.1) is 4.92 Å². The molecule has 0 aliphatic heterocycles. The van der Waals surface area contributed by atoms with E-state index in [1.807, 2.05) is 31.2 Å². The molecule has 0 saturated carbocycles. The predicted molar refractivity (Wildman–Crippen MR) is 74.4 cm³/mol.